The molecule has 1 unspecified atom stereocenters. The van der Waals surface area contributed by atoms with Gasteiger partial charge in [0.2, 0.25) is 0 Å². The minimum absolute atomic E-state index is 0.242. The predicted molar refractivity (Wildman–Crippen MR) is 74.6 cm³/mol. The number of hydrogen-bond donors (Lipinski definition) is 1. The molecule has 0 saturated carbocycles. The van der Waals surface area contributed by atoms with Crippen LogP contribution in [0.1, 0.15) is 37.2 Å². The van der Waals surface area contributed by atoms with Gasteiger partial charge in [-0.15, -0.1) is 0 Å². The highest BCUT2D eigenvalue weighted by Gasteiger charge is 2.13. The summed E-state index contributed by atoms with van der Waals surface area (Å²) in [5.74, 6) is 0. The molecule has 0 fully saturated rings. The van der Waals surface area contributed by atoms with E-state index in [-0.39, 0.29) is 12.1 Å². The van der Waals surface area contributed by atoms with Crippen LogP contribution in [0.3, 0.4) is 0 Å². The molecule has 0 radical (unpaired) electrons. The van der Waals surface area contributed by atoms with E-state index >= 15 is 0 Å². The first-order valence-electron chi connectivity index (χ1n) is 6.07. The Bertz CT molecular complexity index is 521. The molecule has 18 heavy (non-hydrogen) atoms. The second-order valence-corrected chi connectivity index (χ2v) is 4.98. The number of aromatic nitrogens is 2. The Balaban J connectivity index is 2.08. The summed E-state index contributed by atoms with van der Waals surface area (Å²) >= 11 is 6.01. The van der Waals surface area contributed by atoms with Gasteiger partial charge >= 0.3 is 0 Å². The van der Waals surface area contributed by atoms with Crippen molar-refractivity contribution in [3.05, 3.63) is 52.8 Å². The average molecular weight is 264 g/mol. The van der Waals surface area contributed by atoms with Crippen LogP contribution in [0.4, 0.5) is 0 Å². The Morgan fingerprint density at radius 1 is 1.22 bits per heavy atom. The van der Waals surface area contributed by atoms with E-state index in [1.807, 2.05) is 42.2 Å². The number of benzene rings is 1. The molecule has 3 nitrogen and oxygen atoms in total. The SMILES string of the molecule is CC(N[C@@H](C)c1cccc(Cl)c1)c1ccnn1C. The third-order valence-electron chi connectivity index (χ3n) is 3.15. The molecule has 0 aliphatic carbocycles. The van der Waals surface area contributed by atoms with Crippen LogP contribution in [-0.4, -0.2) is 9.78 Å². The first-order valence-corrected chi connectivity index (χ1v) is 6.45. The lowest BCUT2D eigenvalue weighted by Gasteiger charge is -2.20. The molecule has 0 aliphatic rings. The molecular weight excluding hydrogens is 246 g/mol. The maximum Gasteiger partial charge on any atom is 0.0547 e. The van der Waals surface area contributed by atoms with Crippen LogP contribution >= 0.6 is 11.6 Å². The van der Waals surface area contributed by atoms with E-state index in [1.54, 1.807) is 0 Å². The van der Waals surface area contributed by atoms with Crippen LogP contribution < -0.4 is 5.32 Å². The molecule has 1 aromatic carbocycles. The largest absolute Gasteiger partial charge is 0.302 e. The van der Waals surface area contributed by atoms with Gasteiger partial charge in [0.05, 0.1) is 5.69 Å². The minimum Gasteiger partial charge on any atom is -0.302 e. The van der Waals surface area contributed by atoms with Crippen molar-refractivity contribution in [2.75, 3.05) is 0 Å². The van der Waals surface area contributed by atoms with E-state index in [9.17, 15) is 0 Å². The van der Waals surface area contributed by atoms with E-state index in [4.69, 9.17) is 11.6 Å². The summed E-state index contributed by atoms with van der Waals surface area (Å²) in [5.41, 5.74) is 2.36. The van der Waals surface area contributed by atoms with Crippen molar-refractivity contribution in [2.24, 2.45) is 7.05 Å². The van der Waals surface area contributed by atoms with Crippen molar-refractivity contribution in [2.45, 2.75) is 25.9 Å². The Kier molecular flexibility index (Phi) is 4.04. The molecule has 2 aromatic rings. The normalized spacial score (nSPS) is 14.4. The van der Waals surface area contributed by atoms with Gasteiger partial charge in [0, 0.05) is 30.4 Å². The second kappa shape index (κ2) is 5.55. The van der Waals surface area contributed by atoms with Crippen LogP contribution in [0.25, 0.3) is 0 Å². The van der Waals surface area contributed by atoms with Crippen molar-refractivity contribution < 1.29 is 0 Å². The fraction of sp³-hybridized carbons (Fsp3) is 0.357. The molecule has 1 heterocycles. The van der Waals surface area contributed by atoms with Gasteiger partial charge in [-0.25, -0.2) is 0 Å². The van der Waals surface area contributed by atoms with Crippen molar-refractivity contribution in [1.82, 2.24) is 15.1 Å². The van der Waals surface area contributed by atoms with E-state index in [0.717, 1.165) is 5.02 Å². The summed E-state index contributed by atoms with van der Waals surface area (Å²) in [7, 11) is 1.96. The van der Waals surface area contributed by atoms with Crippen LogP contribution in [0, 0.1) is 0 Å². The molecule has 1 N–H and O–H groups in total. The first-order chi connectivity index (χ1) is 8.58. The van der Waals surface area contributed by atoms with Crippen molar-refractivity contribution in [3.8, 4) is 0 Å². The molecule has 2 rings (SSSR count). The molecule has 0 aliphatic heterocycles. The first kappa shape index (κ1) is 13.1. The number of hydrogen-bond acceptors (Lipinski definition) is 2. The molecule has 0 spiro atoms. The van der Waals surface area contributed by atoms with Crippen LogP contribution in [-0.2, 0) is 7.05 Å². The van der Waals surface area contributed by atoms with Gasteiger partial charge in [-0.2, -0.15) is 5.10 Å². The van der Waals surface area contributed by atoms with E-state index in [0.29, 0.717) is 0 Å². The zero-order valence-electron chi connectivity index (χ0n) is 10.9. The molecule has 0 saturated heterocycles. The monoisotopic (exact) mass is 263 g/mol. The zero-order valence-corrected chi connectivity index (χ0v) is 11.6. The van der Waals surface area contributed by atoms with E-state index < -0.39 is 0 Å². The zero-order chi connectivity index (χ0) is 13.1. The highest BCUT2D eigenvalue weighted by molar-refractivity contribution is 6.30. The Morgan fingerprint density at radius 2 is 2.00 bits per heavy atom. The summed E-state index contributed by atoms with van der Waals surface area (Å²) < 4.78 is 1.89. The van der Waals surface area contributed by atoms with Gasteiger partial charge in [0.1, 0.15) is 0 Å². The van der Waals surface area contributed by atoms with Gasteiger partial charge in [-0.3, -0.25) is 4.68 Å². The lowest BCUT2D eigenvalue weighted by molar-refractivity contribution is 0.469. The summed E-state index contributed by atoms with van der Waals surface area (Å²) in [4.78, 5) is 0. The Hall–Kier alpha value is -1.32. The summed E-state index contributed by atoms with van der Waals surface area (Å²) in [5, 5.41) is 8.51. The third-order valence-corrected chi connectivity index (χ3v) is 3.39. The van der Waals surface area contributed by atoms with Gasteiger partial charge in [-0.05, 0) is 37.6 Å². The van der Waals surface area contributed by atoms with Gasteiger partial charge in [0.25, 0.3) is 0 Å². The Labute approximate surface area is 113 Å². The topological polar surface area (TPSA) is 29.9 Å². The third kappa shape index (κ3) is 2.92. The van der Waals surface area contributed by atoms with Crippen LogP contribution in [0.2, 0.25) is 5.02 Å². The van der Waals surface area contributed by atoms with Crippen molar-refractivity contribution >= 4 is 11.6 Å². The lowest BCUT2D eigenvalue weighted by Crippen LogP contribution is -2.24. The van der Waals surface area contributed by atoms with Crippen LogP contribution in [0.15, 0.2) is 36.5 Å². The fourth-order valence-corrected chi connectivity index (χ4v) is 2.34. The maximum absolute atomic E-state index is 6.01. The molecule has 0 bridgehead atoms. The smallest absolute Gasteiger partial charge is 0.0547 e. The second-order valence-electron chi connectivity index (χ2n) is 4.54. The summed E-state index contributed by atoms with van der Waals surface area (Å²) in [6.45, 7) is 4.27. The fourth-order valence-electron chi connectivity index (χ4n) is 2.14. The van der Waals surface area contributed by atoms with E-state index in [1.165, 1.54) is 11.3 Å². The molecule has 0 amide bonds. The van der Waals surface area contributed by atoms with Crippen molar-refractivity contribution in [3.63, 3.8) is 0 Å². The summed E-state index contributed by atoms with van der Waals surface area (Å²) in [6, 6.07) is 10.5. The number of nitrogens with one attached hydrogen (secondary N) is 1. The predicted octanol–water partition coefficient (Wildman–Crippen LogP) is 3.49. The lowest BCUT2D eigenvalue weighted by atomic mass is 10.1. The van der Waals surface area contributed by atoms with Crippen molar-refractivity contribution in [1.29, 1.82) is 0 Å². The molecule has 1 aromatic heterocycles. The quantitative estimate of drug-likeness (QED) is 0.915. The molecular formula is C14H18ClN3. The highest BCUT2D eigenvalue weighted by atomic mass is 35.5. The maximum atomic E-state index is 6.01. The number of rotatable bonds is 4. The number of nitrogens with zero attached hydrogens (tertiary/aromatic N) is 2. The molecule has 4 heteroatoms. The highest BCUT2D eigenvalue weighted by Crippen LogP contribution is 2.21. The Morgan fingerprint density at radius 3 is 2.61 bits per heavy atom. The molecule has 2 atom stereocenters. The standard InChI is InChI=1S/C14H18ClN3/c1-10(12-5-4-6-13(15)9-12)17-11(2)14-7-8-16-18(14)3/h4-11,17H,1-3H3/t10-,11?/m0/s1. The minimum atomic E-state index is 0.242. The average Bonchev–Trinajstić information content (AvgIpc) is 2.75. The number of halogens is 1. The number of aryl methyl sites for hydroxylation is 1. The molecule has 96 valence electrons. The van der Waals surface area contributed by atoms with Gasteiger partial charge in [0.15, 0.2) is 0 Å². The summed E-state index contributed by atoms with van der Waals surface area (Å²) in [6.07, 6.45) is 1.82. The van der Waals surface area contributed by atoms with E-state index in [2.05, 4.69) is 30.3 Å². The van der Waals surface area contributed by atoms with Gasteiger partial charge in [-0.1, -0.05) is 23.7 Å². The van der Waals surface area contributed by atoms with Gasteiger partial charge < -0.3 is 5.32 Å². The van der Waals surface area contributed by atoms with Crippen LogP contribution in [0.5, 0.6) is 0 Å².